The lowest BCUT2D eigenvalue weighted by Gasteiger charge is -2.24. The summed E-state index contributed by atoms with van der Waals surface area (Å²) in [4.78, 5) is 45.5. The number of ether oxygens (including phenoxy) is 2. The zero-order chi connectivity index (χ0) is 29.7. The van der Waals surface area contributed by atoms with E-state index in [-0.39, 0.29) is 41.4 Å². The van der Waals surface area contributed by atoms with Crippen LogP contribution < -0.4 is 25.2 Å². The van der Waals surface area contributed by atoms with E-state index in [0.717, 1.165) is 23.1 Å². The number of rotatable bonds is 9. The van der Waals surface area contributed by atoms with Crippen molar-refractivity contribution >= 4 is 29.0 Å². The van der Waals surface area contributed by atoms with Gasteiger partial charge < -0.3 is 19.8 Å². The Kier molecular flexibility index (Phi) is 8.71. The molecule has 0 spiro atoms. The van der Waals surface area contributed by atoms with Crippen molar-refractivity contribution in [1.82, 2.24) is 9.97 Å². The molecule has 41 heavy (non-hydrogen) atoms. The minimum atomic E-state index is -1.09. The van der Waals surface area contributed by atoms with Gasteiger partial charge in [-0.3, -0.25) is 19.3 Å². The third-order valence-corrected chi connectivity index (χ3v) is 5.70. The van der Waals surface area contributed by atoms with Crippen molar-refractivity contribution in [2.45, 2.75) is 20.8 Å². The van der Waals surface area contributed by atoms with E-state index in [2.05, 4.69) is 15.3 Å². The van der Waals surface area contributed by atoms with Gasteiger partial charge in [0, 0.05) is 42.2 Å². The maximum atomic E-state index is 15.6. The number of aromatic nitrogens is 2. The Morgan fingerprint density at radius 2 is 1.73 bits per heavy atom. The number of aromatic amines is 1. The van der Waals surface area contributed by atoms with Crippen molar-refractivity contribution in [2.24, 2.45) is 5.92 Å². The van der Waals surface area contributed by atoms with Gasteiger partial charge in [0.05, 0.1) is 12.3 Å². The SMILES string of the molecule is CCOc1cc[nH]c(=O)c1C(=O)N(c1ccc(F)cc1)c1cc(F)c(Oc2ccnc(NC(=O)C(C)C)c2)cc1F. The third-order valence-electron chi connectivity index (χ3n) is 5.70. The van der Waals surface area contributed by atoms with Gasteiger partial charge in [-0.15, -0.1) is 0 Å². The number of carbonyl (C=O) groups excluding carboxylic acids is 2. The summed E-state index contributed by atoms with van der Waals surface area (Å²) in [6.07, 6.45) is 2.59. The topological polar surface area (TPSA) is 114 Å². The Morgan fingerprint density at radius 3 is 2.41 bits per heavy atom. The van der Waals surface area contributed by atoms with Crippen LogP contribution in [0.15, 0.2) is 71.8 Å². The number of benzene rings is 2. The predicted octanol–water partition coefficient (Wildman–Crippen LogP) is 5.95. The van der Waals surface area contributed by atoms with Gasteiger partial charge in [0.15, 0.2) is 17.4 Å². The van der Waals surface area contributed by atoms with Gasteiger partial charge >= 0.3 is 0 Å². The molecule has 0 bridgehead atoms. The van der Waals surface area contributed by atoms with Crippen molar-refractivity contribution < 1.29 is 32.2 Å². The Bertz CT molecular complexity index is 1640. The van der Waals surface area contributed by atoms with Crippen LogP contribution in [0.1, 0.15) is 31.1 Å². The lowest BCUT2D eigenvalue weighted by Crippen LogP contribution is -2.32. The van der Waals surface area contributed by atoms with Gasteiger partial charge in [-0.25, -0.2) is 18.2 Å². The van der Waals surface area contributed by atoms with Crippen LogP contribution >= 0.6 is 0 Å². The monoisotopic (exact) mass is 566 g/mol. The molecule has 9 nitrogen and oxygen atoms in total. The number of pyridine rings is 2. The molecule has 0 unspecified atom stereocenters. The molecule has 0 aliphatic carbocycles. The van der Waals surface area contributed by atoms with Gasteiger partial charge in [-0.1, -0.05) is 13.8 Å². The van der Waals surface area contributed by atoms with Crippen molar-refractivity contribution in [2.75, 3.05) is 16.8 Å². The van der Waals surface area contributed by atoms with Crippen LogP contribution in [0.5, 0.6) is 17.2 Å². The van der Waals surface area contributed by atoms with Crippen LogP contribution in [-0.2, 0) is 4.79 Å². The van der Waals surface area contributed by atoms with E-state index >= 15 is 8.78 Å². The largest absolute Gasteiger partial charge is 0.493 e. The summed E-state index contributed by atoms with van der Waals surface area (Å²) >= 11 is 0. The van der Waals surface area contributed by atoms with Crippen LogP contribution in [0.25, 0.3) is 0 Å². The second-order valence-electron chi connectivity index (χ2n) is 8.95. The molecule has 2 heterocycles. The second kappa shape index (κ2) is 12.4. The molecule has 2 N–H and O–H groups in total. The number of H-pyrrole nitrogens is 1. The highest BCUT2D eigenvalue weighted by Gasteiger charge is 2.29. The van der Waals surface area contributed by atoms with Crippen molar-refractivity contribution in [3.8, 4) is 17.2 Å². The van der Waals surface area contributed by atoms with Crippen LogP contribution in [0.4, 0.5) is 30.4 Å². The Labute approximate surface area is 232 Å². The normalized spacial score (nSPS) is 10.8. The molecule has 0 aliphatic rings. The number of hydrogen-bond donors (Lipinski definition) is 2. The number of carbonyl (C=O) groups is 2. The standard InChI is InChI=1S/C29H25F3N4O5/c1-4-40-23-10-12-34-28(38)26(23)29(39)36(18-7-5-17(30)6-8-18)22-14-21(32)24(15-20(22)31)41-19-9-11-33-25(13-19)35-27(37)16(2)3/h5-16H,4H2,1-3H3,(H,34,38)(H,33,35,37). The maximum absolute atomic E-state index is 15.6. The minimum Gasteiger partial charge on any atom is -0.493 e. The zero-order valence-electron chi connectivity index (χ0n) is 22.2. The third kappa shape index (κ3) is 6.55. The lowest BCUT2D eigenvalue weighted by molar-refractivity contribution is -0.118. The van der Waals surface area contributed by atoms with Gasteiger partial charge in [0.2, 0.25) is 5.91 Å². The van der Waals surface area contributed by atoms with E-state index < -0.39 is 45.9 Å². The number of amides is 2. The van der Waals surface area contributed by atoms with Gasteiger partial charge in [-0.05, 0) is 43.3 Å². The Morgan fingerprint density at radius 1 is 1.00 bits per heavy atom. The molecule has 0 saturated heterocycles. The summed E-state index contributed by atoms with van der Waals surface area (Å²) in [5.41, 5.74) is -1.91. The average molecular weight is 567 g/mol. The highest BCUT2D eigenvalue weighted by molar-refractivity contribution is 6.12. The zero-order valence-corrected chi connectivity index (χ0v) is 22.2. The van der Waals surface area contributed by atoms with Crippen LogP contribution in [0.3, 0.4) is 0 Å². The quantitative estimate of drug-likeness (QED) is 0.259. The van der Waals surface area contributed by atoms with Crippen LogP contribution in [0.2, 0.25) is 0 Å². The molecule has 4 aromatic rings. The Hall–Kier alpha value is -5.13. The smallest absolute Gasteiger partial charge is 0.272 e. The maximum Gasteiger partial charge on any atom is 0.272 e. The van der Waals surface area contributed by atoms with Crippen LogP contribution in [-0.4, -0.2) is 28.4 Å². The number of halogens is 3. The molecule has 0 aliphatic heterocycles. The van der Waals surface area contributed by atoms with Crippen molar-refractivity contribution in [1.29, 1.82) is 0 Å². The molecule has 0 atom stereocenters. The molecule has 4 rings (SSSR count). The van der Waals surface area contributed by atoms with E-state index in [0.29, 0.717) is 6.07 Å². The first kappa shape index (κ1) is 28.9. The second-order valence-corrected chi connectivity index (χ2v) is 8.95. The molecular weight excluding hydrogens is 541 g/mol. The van der Waals surface area contributed by atoms with Gasteiger partial charge in [-0.2, -0.15) is 0 Å². The van der Waals surface area contributed by atoms with E-state index in [4.69, 9.17) is 9.47 Å². The number of nitrogens with one attached hydrogen (secondary N) is 2. The summed E-state index contributed by atoms with van der Waals surface area (Å²) in [6.45, 7) is 5.15. The lowest BCUT2D eigenvalue weighted by atomic mass is 10.1. The van der Waals surface area contributed by atoms with Crippen molar-refractivity contribution in [3.63, 3.8) is 0 Å². The number of nitrogens with zero attached hydrogens (tertiary/aromatic N) is 2. The van der Waals surface area contributed by atoms with E-state index in [9.17, 15) is 18.8 Å². The van der Waals surface area contributed by atoms with E-state index in [1.165, 1.54) is 42.7 Å². The molecule has 0 radical (unpaired) electrons. The fraction of sp³-hybridized carbons (Fsp3) is 0.172. The molecule has 212 valence electrons. The fourth-order valence-corrected chi connectivity index (χ4v) is 3.71. The van der Waals surface area contributed by atoms with E-state index in [1.54, 1.807) is 20.8 Å². The summed E-state index contributed by atoms with van der Waals surface area (Å²) in [6, 6.07) is 9.90. The molecule has 0 saturated carbocycles. The summed E-state index contributed by atoms with van der Waals surface area (Å²) < 4.78 is 55.6. The first-order valence-electron chi connectivity index (χ1n) is 12.5. The van der Waals surface area contributed by atoms with Crippen molar-refractivity contribution in [3.05, 3.63) is 100 Å². The average Bonchev–Trinajstić information content (AvgIpc) is 2.93. The summed E-state index contributed by atoms with van der Waals surface area (Å²) in [5.74, 6) is -4.86. The Balaban J connectivity index is 1.75. The molecule has 2 amide bonds. The van der Waals surface area contributed by atoms with Crippen LogP contribution in [0, 0.1) is 23.4 Å². The fourth-order valence-electron chi connectivity index (χ4n) is 3.71. The highest BCUT2D eigenvalue weighted by atomic mass is 19.1. The number of anilines is 3. The molecule has 2 aromatic heterocycles. The van der Waals surface area contributed by atoms with Gasteiger partial charge in [0.25, 0.3) is 11.5 Å². The molecule has 12 heteroatoms. The molecular formula is C29H25F3N4O5. The summed E-state index contributed by atoms with van der Waals surface area (Å²) in [7, 11) is 0. The predicted molar refractivity (Wildman–Crippen MR) is 145 cm³/mol. The minimum absolute atomic E-state index is 0.0475. The van der Waals surface area contributed by atoms with Gasteiger partial charge in [0.1, 0.15) is 28.7 Å². The van der Waals surface area contributed by atoms with E-state index in [1.807, 2.05) is 0 Å². The summed E-state index contributed by atoms with van der Waals surface area (Å²) in [5, 5.41) is 2.58. The number of hydrogen-bond acceptors (Lipinski definition) is 6. The first-order valence-corrected chi connectivity index (χ1v) is 12.5. The highest BCUT2D eigenvalue weighted by Crippen LogP contribution is 2.36. The molecule has 0 fully saturated rings. The first-order chi connectivity index (χ1) is 19.6. The molecule has 2 aromatic carbocycles.